The maximum Gasteiger partial charge on any atom is 0.244 e. The van der Waals surface area contributed by atoms with E-state index in [-0.39, 0.29) is 17.9 Å². The number of nitrogens with one attached hydrogen (secondary N) is 1. The normalized spacial score (nSPS) is 19.5. The van der Waals surface area contributed by atoms with E-state index in [0.29, 0.717) is 6.54 Å². The second kappa shape index (κ2) is 6.90. The van der Waals surface area contributed by atoms with Crippen LogP contribution in [0.15, 0.2) is 35.9 Å². The highest BCUT2D eigenvalue weighted by Gasteiger charge is 2.26. The summed E-state index contributed by atoms with van der Waals surface area (Å²) in [6.45, 7) is 4.89. The highest BCUT2D eigenvalue weighted by atomic mass is 16.3. The zero-order chi connectivity index (χ0) is 15.3. The van der Waals surface area contributed by atoms with E-state index in [9.17, 15) is 9.90 Å². The molecule has 2 rings (SSSR count). The molecule has 0 spiro atoms. The van der Waals surface area contributed by atoms with Gasteiger partial charge in [0.25, 0.3) is 0 Å². The third-order valence-corrected chi connectivity index (χ3v) is 4.41. The molecule has 0 aliphatic heterocycles. The molecule has 0 saturated heterocycles. The standard InChI is InChI=1S/C18H25NO2/c1-18(2)10-6-5-9-16(18)11-17(21)19-12-14-7-3-4-8-15(14)13-20/h3-4,7-8,11,20H,5-6,9-10,12-13H2,1-2H3,(H,19,21)/b16-11+. The summed E-state index contributed by atoms with van der Waals surface area (Å²) in [4.78, 5) is 12.1. The molecule has 0 unspecified atom stereocenters. The van der Waals surface area contributed by atoms with Crippen LogP contribution in [0.5, 0.6) is 0 Å². The highest BCUT2D eigenvalue weighted by molar-refractivity contribution is 5.88. The predicted octanol–water partition coefficient (Wildman–Crippen LogP) is 3.32. The number of carbonyl (C=O) groups is 1. The van der Waals surface area contributed by atoms with Crippen molar-refractivity contribution in [1.29, 1.82) is 0 Å². The Hall–Kier alpha value is -1.61. The minimum atomic E-state index is -0.0345. The predicted molar refractivity (Wildman–Crippen MR) is 84.5 cm³/mol. The van der Waals surface area contributed by atoms with Crippen molar-refractivity contribution in [1.82, 2.24) is 5.32 Å². The van der Waals surface area contributed by atoms with Crippen LogP contribution in [0, 0.1) is 5.41 Å². The van der Waals surface area contributed by atoms with E-state index in [1.54, 1.807) is 6.08 Å². The largest absolute Gasteiger partial charge is 0.392 e. The molecule has 2 N–H and O–H groups in total. The molecule has 0 radical (unpaired) electrons. The van der Waals surface area contributed by atoms with Crippen LogP contribution in [0.1, 0.15) is 50.7 Å². The van der Waals surface area contributed by atoms with E-state index in [4.69, 9.17) is 0 Å². The van der Waals surface area contributed by atoms with Crippen LogP contribution in [0.25, 0.3) is 0 Å². The molecule has 1 fully saturated rings. The Morgan fingerprint density at radius 2 is 2.00 bits per heavy atom. The van der Waals surface area contributed by atoms with Gasteiger partial charge in [-0.2, -0.15) is 0 Å². The topological polar surface area (TPSA) is 49.3 Å². The van der Waals surface area contributed by atoms with Crippen molar-refractivity contribution in [3.05, 3.63) is 47.0 Å². The number of carbonyl (C=O) groups excluding carboxylic acids is 1. The molecule has 0 heterocycles. The average molecular weight is 287 g/mol. The minimum Gasteiger partial charge on any atom is -0.392 e. The second-order valence-corrected chi connectivity index (χ2v) is 6.41. The Balaban J connectivity index is 1.99. The Labute approximate surface area is 127 Å². The van der Waals surface area contributed by atoms with Gasteiger partial charge >= 0.3 is 0 Å². The lowest BCUT2D eigenvalue weighted by molar-refractivity contribution is -0.116. The van der Waals surface area contributed by atoms with Gasteiger partial charge in [-0.15, -0.1) is 0 Å². The van der Waals surface area contributed by atoms with Gasteiger partial charge in [0.05, 0.1) is 6.61 Å². The summed E-state index contributed by atoms with van der Waals surface area (Å²) in [5.74, 6) is -0.0345. The lowest BCUT2D eigenvalue weighted by Crippen LogP contribution is -2.25. The number of aliphatic hydroxyl groups is 1. The maximum absolute atomic E-state index is 12.1. The third-order valence-electron chi connectivity index (χ3n) is 4.41. The van der Waals surface area contributed by atoms with Crippen LogP contribution in [-0.2, 0) is 17.9 Å². The molecular formula is C18H25NO2. The fourth-order valence-corrected chi connectivity index (χ4v) is 2.92. The fraction of sp³-hybridized carbons (Fsp3) is 0.500. The SMILES string of the molecule is CC1(C)CCCC/C1=C\C(=O)NCc1ccccc1CO. The van der Waals surface area contributed by atoms with Crippen LogP contribution in [0.3, 0.4) is 0 Å². The van der Waals surface area contributed by atoms with Gasteiger partial charge in [0.1, 0.15) is 0 Å². The van der Waals surface area contributed by atoms with Crippen molar-refractivity contribution in [3.8, 4) is 0 Å². The molecule has 0 bridgehead atoms. The zero-order valence-corrected chi connectivity index (χ0v) is 13.0. The molecule has 1 aliphatic carbocycles. The lowest BCUT2D eigenvalue weighted by atomic mass is 9.73. The summed E-state index contributed by atoms with van der Waals surface area (Å²) in [5, 5.41) is 12.2. The van der Waals surface area contributed by atoms with Crippen LogP contribution < -0.4 is 5.32 Å². The molecule has 114 valence electrons. The molecule has 0 atom stereocenters. The summed E-state index contributed by atoms with van der Waals surface area (Å²) in [5.41, 5.74) is 3.22. The molecule has 1 aromatic carbocycles. The van der Waals surface area contributed by atoms with Gasteiger partial charge in [0, 0.05) is 12.6 Å². The Kier molecular flexibility index (Phi) is 5.18. The first-order valence-corrected chi connectivity index (χ1v) is 7.69. The highest BCUT2D eigenvalue weighted by Crippen LogP contribution is 2.39. The second-order valence-electron chi connectivity index (χ2n) is 6.41. The third kappa shape index (κ3) is 4.18. The van der Waals surface area contributed by atoms with Crippen LogP contribution in [0.4, 0.5) is 0 Å². The average Bonchev–Trinajstić information content (AvgIpc) is 2.47. The lowest BCUT2D eigenvalue weighted by Gasteiger charge is -2.32. The fourth-order valence-electron chi connectivity index (χ4n) is 2.92. The van der Waals surface area contributed by atoms with Crippen molar-refractivity contribution in [3.63, 3.8) is 0 Å². The Morgan fingerprint density at radius 1 is 1.29 bits per heavy atom. The van der Waals surface area contributed by atoms with Crippen molar-refractivity contribution < 1.29 is 9.90 Å². The van der Waals surface area contributed by atoms with Gasteiger partial charge in [-0.1, -0.05) is 50.1 Å². The summed E-state index contributed by atoms with van der Waals surface area (Å²) < 4.78 is 0. The van der Waals surface area contributed by atoms with Gasteiger partial charge in [-0.05, 0) is 35.8 Å². The first-order valence-electron chi connectivity index (χ1n) is 7.69. The molecule has 1 aliphatic rings. The van der Waals surface area contributed by atoms with Gasteiger partial charge in [0.2, 0.25) is 5.91 Å². The van der Waals surface area contributed by atoms with E-state index in [2.05, 4.69) is 19.2 Å². The van der Waals surface area contributed by atoms with E-state index >= 15 is 0 Å². The van der Waals surface area contributed by atoms with Crippen molar-refractivity contribution in [2.45, 2.75) is 52.7 Å². The Morgan fingerprint density at radius 3 is 2.67 bits per heavy atom. The number of allylic oxidation sites excluding steroid dienone is 1. The first kappa shape index (κ1) is 15.8. The van der Waals surface area contributed by atoms with Gasteiger partial charge in [-0.25, -0.2) is 0 Å². The monoisotopic (exact) mass is 287 g/mol. The summed E-state index contributed by atoms with van der Waals surface area (Å²) >= 11 is 0. The molecule has 1 saturated carbocycles. The van der Waals surface area contributed by atoms with Gasteiger partial charge in [0.15, 0.2) is 0 Å². The Bertz CT molecular complexity index is 532. The first-order chi connectivity index (χ1) is 10.0. The van der Waals surface area contributed by atoms with Gasteiger partial charge < -0.3 is 10.4 Å². The van der Waals surface area contributed by atoms with Crippen LogP contribution in [-0.4, -0.2) is 11.0 Å². The van der Waals surface area contributed by atoms with Crippen LogP contribution in [0.2, 0.25) is 0 Å². The molecule has 1 amide bonds. The number of amides is 1. The minimum absolute atomic E-state index is 0.000163. The smallest absolute Gasteiger partial charge is 0.244 e. The van der Waals surface area contributed by atoms with Crippen LogP contribution >= 0.6 is 0 Å². The van der Waals surface area contributed by atoms with E-state index in [1.807, 2.05) is 24.3 Å². The van der Waals surface area contributed by atoms with Crippen molar-refractivity contribution >= 4 is 5.91 Å². The number of hydrogen-bond donors (Lipinski definition) is 2. The number of hydrogen-bond acceptors (Lipinski definition) is 2. The molecule has 3 nitrogen and oxygen atoms in total. The summed E-state index contributed by atoms with van der Waals surface area (Å²) in [6, 6.07) is 7.63. The van der Waals surface area contributed by atoms with Gasteiger partial charge in [-0.3, -0.25) is 4.79 Å². The molecule has 21 heavy (non-hydrogen) atoms. The van der Waals surface area contributed by atoms with E-state index in [1.165, 1.54) is 18.4 Å². The molecular weight excluding hydrogens is 262 g/mol. The molecule has 3 heteroatoms. The maximum atomic E-state index is 12.1. The summed E-state index contributed by atoms with van der Waals surface area (Å²) in [7, 11) is 0. The molecule has 1 aromatic rings. The number of benzene rings is 1. The van der Waals surface area contributed by atoms with E-state index in [0.717, 1.165) is 24.0 Å². The summed E-state index contributed by atoms with van der Waals surface area (Å²) in [6.07, 6.45) is 6.37. The van der Waals surface area contributed by atoms with E-state index < -0.39 is 0 Å². The van der Waals surface area contributed by atoms with Crippen molar-refractivity contribution in [2.24, 2.45) is 5.41 Å². The quantitative estimate of drug-likeness (QED) is 0.835. The zero-order valence-electron chi connectivity index (χ0n) is 13.0. The number of rotatable bonds is 4. The van der Waals surface area contributed by atoms with Crippen molar-refractivity contribution in [2.75, 3.05) is 0 Å². The molecule has 0 aromatic heterocycles. The number of aliphatic hydroxyl groups excluding tert-OH is 1.